The van der Waals surface area contributed by atoms with Crippen LogP contribution in [0.1, 0.15) is 29.9 Å². The highest BCUT2D eigenvalue weighted by atomic mass is 16.5. The smallest absolute Gasteiger partial charge is 0.407 e. The number of carbonyl (C=O) groups is 3. The van der Waals surface area contributed by atoms with Gasteiger partial charge in [-0.25, -0.2) is 4.79 Å². The van der Waals surface area contributed by atoms with E-state index in [0.717, 1.165) is 28.8 Å². The van der Waals surface area contributed by atoms with Gasteiger partial charge in [-0.15, -0.1) is 0 Å². The van der Waals surface area contributed by atoms with Gasteiger partial charge in [0, 0.05) is 12.5 Å². The third-order valence-corrected chi connectivity index (χ3v) is 5.41. The van der Waals surface area contributed by atoms with Gasteiger partial charge >= 0.3 is 12.1 Å². The van der Waals surface area contributed by atoms with Crippen molar-refractivity contribution >= 4 is 18.0 Å². The minimum absolute atomic E-state index is 0.0874. The molecule has 8 nitrogen and oxygen atoms in total. The summed E-state index contributed by atoms with van der Waals surface area (Å²) in [6, 6.07) is 14.7. The number of nitrogens with zero attached hydrogens (tertiary/aromatic N) is 1. The van der Waals surface area contributed by atoms with Gasteiger partial charge < -0.3 is 25.4 Å². The van der Waals surface area contributed by atoms with Crippen molar-refractivity contribution in [3.05, 3.63) is 59.7 Å². The number of benzene rings is 2. The number of carbonyl (C=O) groups excluding carboxylic acids is 2. The molecule has 2 aromatic rings. The monoisotopic (exact) mass is 439 g/mol. The average molecular weight is 440 g/mol. The Balaban J connectivity index is 1.59. The van der Waals surface area contributed by atoms with Gasteiger partial charge in [0.25, 0.3) is 0 Å². The minimum Gasteiger partial charge on any atom is -0.481 e. The van der Waals surface area contributed by atoms with Crippen LogP contribution in [0.25, 0.3) is 11.1 Å². The molecule has 0 saturated heterocycles. The summed E-state index contributed by atoms with van der Waals surface area (Å²) in [4.78, 5) is 38.0. The molecule has 0 aliphatic heterocycles. The lowest BCUT2D eigenvalue weighted by molar-refractivity contribution is -0.139. The molecule has 3 rings (SSSR count). The van der Waals surface area contributed by atoms with E-state index in [9.17, 15) is 14.4 Å². The Labute approximate surface area is 187 Å². The van der Waals surface area contributed by atoms with E-state index in [4.69, 9.17) is 9.84 Å². The van der Waals surface area contributed by atoms with E-state index < -0.39 is 30.4 Å². The van der Waals surface area contributed by atoms with Gasteiger partial charge in [0.15, 0.2) is 0 Å². The van der Waals surface area contributed by atoms with Gasteiger partial charge in [-0.05, 0) is 49.3 Å². The van der Waals surface area contributed by atoms with Gasteiger partial charge in [0.2, 0.25) is 5.91 Å². The van der Waals surface area contributed by atoms with E-state index in [1.165, 1.54) is 0 Å². The van der Waals surface area contributed by atoms with Crippen molar-refractivity contribution < 1.29 is 24.2 Å². The first-order valence-corrected chi connectivity index (χ1v) is 10.6. The summed E-state index contributed by atoms with van der Waals surface area (Å²) in [5.41, 5.74) is 4.36. The molecular formula is C24H29N3O5. The topological polar surface area (TPSA) is 108 Å². The summed E-state index contributed by atoms with van der Waals surface area (Å²) in [6.45, 7) is 1.26. The third kappa shape index (κ3) is 5.85. The molecule has 32 heavy (non-hydrogen) atoms. The lowest BCUT2D eigenvalue weighted by Crippen LogP contribution is -2.48. The molecule has 0 spiro atoms. The fraction of sp³-hybridized carbons (Fsp3) is 0.375. The van der Waals surface area contributed by atoms with Crippen molar-refractivity contribution in [1.29, 1.82) is 0 Å². The molecule has 1 aliphatic carbocycles. The second-order valence-electron chi connectivity index (χ2n) is 8.07. The van der Waals surface area contributed by atoms with Crippen LogP contribution < -0.4 is 10.6 Å². The van der Waals surface area contributed by atoms with Crippen LogP contribution in [0.15, 0.2) is 48.5 Å². The van der Waals surface area contributed by atoms with E-state index in [0.29, 0.717) is 13.0 Å². The first-order chi connectivity index (χ1) is 15.4. The summed E-state index contributed by atoms with van der Waals surface area (Å²) in [6.07, 6.45) is -0.630. The van der Waals surface area contributed by atoms with E-state index in [-0.39, 0.29) is 12.5 Å². The van der Waals surface area contributed by atoms with Crippen LogP contribution >= 0.6 is 0 Å². The summed E-state index contributed by atoms with van der Waals surface area (Å²) < 4.78 is 5.43. The number of alkyl carbamates (subject to hydrolysis) is 1. The summed E-state index contributed by atoms with van der Waals surface area (Å²) in [5.74, 6) is -1.84. The molecule has 0 aromatic heterocycles. The number of carboxylic acids is 1. The van der Waals surface area contributed by atoms with Gasteiger partial charge in [0.05, 0.1) is 6.42 Å². The highest BCUT2D eigenvalue weighted by Crippen LogP contribution is 2.44. The standard InChI is InChI=1S/C24H29N3O5/c1-27(2)13-7-12-25-23(30)21(14-22(28)29)26-24(31)32-15-20-18-10-5-3-8-16(18)17-9-4-6-11-19(17)20/h3-6,8-11,20-21H,7,12-15H2,1-2H3,(H,25,30)(H,26,31)(H,28,29). The molecule has 0 saturated carbocycles. The number of hydrogen-bond acceptors (Lipinski definition) is 5. The Morgan fingerprint density at radius 1 is 1.03 bits per heavy atom. The lowest BCUT2D eigenvalue weighted by atomic mass is 9.98. The van der Waals surface area contributed by atoms with Crippen LogP contribution in [0.4, 0.5) is 4.79 Å². The van der Waals surface area contributed by atoms with Crippen LogP contribution in [-0.4, -0.2) is 67.8 Å². The normalized spacial score (nSPS) is 13.2. The maximum atomic E-state index is 12.4. The Kier molecular flexibility index (Phi) is 7.83. The van der Waals surface area contributed by atoms with Crippen molar-refractivity contribution in [3.8, 4) is 11.1 Å². The van der Waals surface area contributed by atoms with Gasteiger partial charge in [-0.1, -0.05) is 48.5 Å². The number of amides is 2. The fourth-order valence-electron chi connectivity index (χ4n) is 3.90. The number of nitrogens with one attached hydrogen (secondary N) is 2. The molecule has 0 heterocycles. The van der Waals surface area contributed by atoms with Crippen molar-refractivity contribution in [2.75, 3.05) is 33.8 Å². The lowest BCUT2D eigenvalue weighted by Gasteiger charge is -2.19. The van der Waals surface area contributed by atoms with Crippen LogP contribution in [0.3, 0.4) is 0 Å². The van der Waals surface area contributed by atoms with Crippen LogP contribution in [0, 0.1) is 0 Å². The molecule has 2 amide bonds. The molecule has 2 aromatic carbocycles. The molecule has 1 aliphatic rings. The molecule has 1 atom stereocenters. The zero-order valence-electron chi connectivity index (χ0n) is 18.3. The summed E-state index contributed by atoms with van der Waals surface area (Å²) in [7, 11) is 3.85. The molecular weight excluding hydrogens is 410 g/mol. The number of ether oxygens (including phenoxy) is 1. The second kappa shape index (κ2) is 10.8. The van der Waals surface area contributed by atoms with Crippen molar-refractivity contribution in [2.24, 2.45) is 0 Å². The molecule has 1 unspecified atom stereocenters. The van der Waals surface area contributed by atoms with Crippen LogP contribution in [0.2, 0.25) is 0 Å². The van der Waals surface area contributed by atoms with Crippen molar-refractivity contribution in [3.63, 3.8) is 0 Å². The first kappa shape index (κ1) is 23.3. The molecule has 0 radical (unpaired) electrons. The van der Waals surface area contributed by atoms with E-state index in [1.807, 2.05) is 67.5 Å². The van der Waals surface area contributed by atoms with E-state index in [1.54, 1.807) is 0 Å². The average Bonchev–Trinajstić information content (AvgIpc) is 3.08. The maximum absolute atomic E-state index is 12.4. The zero-order chi connectivity index (χ0) is 23.1. The number of rotatable bonds is 10. The predicted molar refractivity (Wildman–Crippen MR) is 120 cm³/mol. The van der Waals surface area contributed by atoms with E-state index in [2.05, 4.69) is 10.6 Å². The SMILES string of the molecule is CN(C)CCCNC(=O)C(CC(=O)O)NC(=O)OCC1c2ccccc2-c2ccccc21. The molecule has 0 fully saturated rings. The Morgan fingerprint density at radius 2 is 1.62 bits per heavy atom. The quantitative estimate of drug-likeness (QED) is 0.491. The fourth-order valence-corrected chi connectivity index (χ4v) is 3.90. The molecule has 0 bridgehead atoms. The van der Waals surface area contributed by atoms with Crippen LogP contribution in [-0.2, 0) is 14.3 Å². The Hall–Kier alpha value is -3.39. The predicted octanol–water partition coefficient (Wildman–Crippen LogP) is 2.44. The number of carboxylic acid groups (broad SMARTS) is 1. The summed E-state index contributed by atoms with van der Waals surface area (Å²) >= 11 is 0. The highest BCUT2D eigenvalue weighted by molar-refractivity contribution is 5.89. The van der Waals surface area contributed by atoms with Crippen LogP contribution in [0.5, 0.6) is 0 Å². The summed E-state index contributed by atoms with van der Waals surface area (Å²) in [5, 5.41) is 14.2. The van der Waals surface area contributed by atoms with Gasteiger partial charge in [0.1, 0.15) is 12.6 Å². The molecule has 170 valence electrons. The van der Waals surface area contributed by atoms with E-state index >= 15 is 0 Å². The number of hydrogen-bond donors (Lipinski definition) is 3. The van der Waals surface area contributed by atoms with Gasteiger partial charge in [-0.3, -0.25) is 9.59 Å². The Bertz CT molecular complexity index is 930. The number of fused-ring (bicyclic) bond motifs is 3. The highest BCUT2D eigenvalue weighted by Gasteiger charge is 2.30. The van der Waals surface area contributed by atoms with Crippen molar-refractivity contribution in [1.82, 2.24) is 15.5 Å². The Morgan fingerprint density at radius 3 is 2.19 bits per heavy atom. The zero-order valence-corrected chi connectivity index (χ0v) is 18.3. The largest absolute Gasteiger partial charge is 0.481 e. The molecule has 8 heteroatoms. The van der Waals surface area contributed by atoms with Crippen molar-refractivity contribution in [2.45, 2.75) is 24.8 Å². The second-order valence-corrected chi connectivity index (χ2v) is 8.07. The maximum Gasteiger partial charge on any atom is 0.407 e. The minimum atomic E-state index is -1.21. The van der Waals surface area contributed by atoms with Gasteiger partial charge in [-0.2, -0.15) is 0 Å². The first-order valence-electron chi connectivity index (χ1n) is 10.6. The molecule has 3 N–H and O–H groups in total. The third-order valence-electron chi connectivity index (χ3n) is 5.41. The number of aliphatic carboxylic acids is 1.